The molecule has 3 rings (SSSR count). The molecule has 0 spiro atoms. The van der Waals surface area contributed by atoms with Gasteiger partial charge in [0.15, 0.2) is 0 Å². The predicted molar refractivity (Wildman–Crippen MR) is 103 cm³/mol. The lowest BCUT2D eigenvalue weighted by Crippen LogP contribution is -2.28. The second-order valence-corrected chi connectivity index (χ2v) is 9.01. The lowest BCUT2D eigenvalue weighted by Gasteiger charge is -2.21. The molecule has 0 aromatic heterocycles. The molecule has 2 aromatic rings. The molecule has 0 saturated heterocycles. The first kappa shape index (κ1) is 18.5. The molecule has 0 aliphatic carbocycles. The fraction of sp³-hybridized carbons (Fsp3) is 0.368. The number of fused-ring (bicyclic) bond motifs is 1. The van der Waals surface area contributed by atoms with Gasteiger partial charge in [0.25, 0.3) is 0 Å². The summed E-state index contributed by atoms with van der Waals surface area (Å²) >= 11 is 0. The van der Waals surface area contributed by atoms with Gasteiger partial charge < -0.3 is 10.2 Å². The maximum atomic E-state index is 12.0. The fourth-order valence-electron chi connectivity index (χ4n) is 3.04. The highest BCUT2D eigenvalue weighted by Crippen LogP contribution is 2.35. The van der Waals surface area contributed by atoms with Crippen molar-refractivity contribution in [2.45, 2.75) is 33.1 Å². The molecule has 1 aliphatic heterocycles. The van der Waals surface area contributed by atoms with Gasteiger partial charge in [-0.05, 0) is 53.1 Å². The van der Waals surface area contributed by atoms with E-state index >= 15 is 0 Å². The number of phenolic OH excluding ortho intramolecular Hbond substituents is 1. The number of nitrogens with zero attached hydrogens (tertiary/aromatic N) is 1. The minimum absolute atomic E-state index is 0.0841. The SMILES string of the molecule is CC(C)(CO)CCCc1ccc2cc(O)c(N3C=CNS3(=O)=O)cc2c1. The number of nitrogens with one attached hydrogen (secondary N) is 1. The molecule has 0 atom stereocenters. The number of phenols is 1. The van der Waals surface area contributed by atoms with Crippen LogP contribution < -0.4 is 9.03 Å². The first-order valence-electron chi connectivity index (χ1n) is 8.57. The van der Waals surface area contributed by atoms with Crippen LogP contribution in [0.25, 0.3) is 10.8 Å². The van der Waals surface area contributed by atoms with E-state index in [-0.39, 0.29) is 23.5 Å². The van der Waals surface area contributed by atoms with Crippen molar-refractivity contribution in [2.24, 2.45) is 5.41 Å². The molecule has 0 unspecified atom stereocenters. The second-order valence-electron chi connectivity index (χ2n) is 7.43. The lowest BCUT2D eigenvalue weighted by atomic mass is 9.87. The molecular formula is C19H24N2O4S. The molecule has 0 bridgehead atoms. The van der Waals surface area contributed by atoms with Crippen LogP contribution in [0.3, 0.4) is 0 Å². The normalized spacial score (nSPS) is 16.2. The number of anilines is 1. The van der Waals surface area contributed by atoms with Crippen molar-refractivity contribution in [1.29, 1.82) is 0 Å². The number of benzene rings is 2. The van der Waals surface area contributed by atoms with Gasteiger partial charge >= 0.3 is 10.2 Å². The number of hydrogen-bond donors (Lipinski definition) is 3. The van der Waals surface area contributed by atoms with Gasteiger partial charge in [-0.1, -0.05) is 32.0 Å². The van der Waals surface area contributed by atoms with E-state index in [2.05, 4.69) is 4.72 Å². The Hall–Kier alpha value is -2.25. The zero-order valence-corrected chi connectivity index (χ0v) is 15.8. The third-order valence-corrected chi connectivity index (χ3v) is 5.94. The van der Waals surface area contributed by atoms with Gasteiger partial charge in [0.1, 0.15) is 11.4 Å². The summed E-state index contributed by atoms with van der Waals surface area (Å²) in [6.45, 7) is 4.25. The Morgan fingerprint density at radius 1 is 1.15 bits per heavy atom. The predicted octanol–water partition coefficient (Wildman–Crippen LogP) is 3.01. The number of aromatic hydroxyl groups is 1. The first-order valence-corrected chi connectivity index (χ1v) is 10.0. The molecule has 1 aliphatic rings. The Bertz CT molecular complexity index is 951. The van der Waals surface area contributed by atoms with Crippen molar-refractivity contribution in [1.82, 2.24) is 4.72 Å². The standard InChI is InChI=1S/C19H24N2O4S/c1-19(2,13-22)7-3-4-14-5-6-15-12-18(23)17(11-16(15)10-14)21-9-8-20-26(21,24)25/h5-6,8-12,20,22-23H,3-4,7,13H2,1-2H3. The Labute approximate surface area is 153 Å². The molecule has 0 amide bonds. The summed E-state index contributed by atoms with van der Waals surface area (Å²) in [5, 5.41) is 21.3. The maximum absolute atomic E-state index is 12.0. The van der Waals surface area contributed by atoms with Crippen molar-refractivity contribution in [3.63, 3.8) is 0 Å². The van der Waals surface area contributed by atoms with E-state index in [4.69, 9.17) is 0 Å². The van der Waals surface area contributed by atoms with Crippen LogP contribution in [-0.2, 0) is 16.6 Å². The number of hydrogen-bond acceptors (Lipinski definition) is 4. The average molecular weight is 376 g/mol. The summed E-state index contributed by atoms with van der Waals surface area (Å²) in [7, 11) is -3.69. The average Bonchev–Trinajstić information content (AvgIpc) is 2.93. The van der Waals surface area contributed by atoms with Crippen LogP contribution in [0.1, 0.15) is 32.3 Å². The van der Waals surface area contributed by atoms with E-state index in [0.717, 1.165) is 39.9 Å². The number of aryl methyl sites for hydroxylation is 1. The lowest BCUT2D eigenvalue weighted by molar-refractivity contribution is 0.148. The summed E-state index contributed by atoms with van der Waals surface area (Å²) in [4.78, 5) is 0. The molecule has 6 nitrogen and oxygen atoms in total. The third kappa shape index (κ3) is 3.78. The van der Waals surface area contributed by atoms with Gasteiger partial charge in [-0.3, -0.25) is 4.72 Å². The zero-order chi connectivity index (χ0) is 18.9. The molecule has 3 N–H and O–H groups in total. The Balaban J connectivity index is 1.87. The topological polar surface area (TPSA) is 89.9 Å². The number of aliphatic hydroxyl groups is 1. The Morgan fingerprint density at radius 3 is 2.58 bits per heavy atom. The Morgan fingerprint density at radius 2 is 1.92 bits per heavy atom. The van der Waals surface area contributed by atoms with E-state index < -0.39 is 10.2 Å². The van der Waals surface area contributed by atoms with Gasteiger partial charge in [0.05, 0.1) is 0 Å². The van der Waals surface area contributed by atoms with Crippen LogP contribution in [0.2, 0.25) is 0 Å². The molecule has 7 heteroatoms. The van der Waals surface area contributed by atoms with Crippen LogP contribution in [0.4, 0.5) is 5.69 Å². The smallest absolute Gasteiger partial charge is 0.327 e. The monoisotopic (exact) mass is 376 g/mol. The highest BCUT2D eigenvalue weighted by molar-refractivity contribution is 7.91. The fourth-order valence-corrected chi connectivity index (χ4v) is 4.01. The summed E-state index contributed by atoms with van der Waals surface area (Å²) in [6, 6.07) is 9.22. The van der Waals surface area contributed by atoms with Crippen molar-refractivity contribution in [3.05, 3.63) is 48.3 Å². The van der Waals surface area contributed by atoms with E-state index in [1.54, 1.807) is 12.1 Å². The van der Waals surface area contributed by atoms with Crippen LogP contribution in [-0.4, -0.2) is 25.2 Å². The van der Waals surface area contributed by atoms with Crippen molar-refractivity contribution in [2.75, 3.05) is 10.9 Å². The van der Waals surface area contributed by atoms with Crippen LogP contribution in [0, 0.1) is 5.41 Å². The van der Waals surface area contributed by atoms with E-state index in [0.29, 0.717) is 0 Å². The minimum atomic E-state index is -3.69. The second kappa shape index (κ2) is 6.81. The molecule has 2 aromatic carbocycles. The van der Waals surface area contributed by atoms with Gasteiger partial charge in [-0.15, -0.1) is 0 Å². The van der Waals surface area contributed by atoms with Crippen LogP contribution in [0.5, 0.6) is 5.75 Å². The van der Waals surface area contributed by atoms with Crippen molar-refractivity contribution >= 4 is 26.7 Å². The van der Waals surface area contributed by atoms with Crippen molar-refractivity contribution < 1.29 is 18.6 Å². The van der Waals surface area contributed by atoms with Gasteiger partial charge in [-0.2, -0.15) is 8.42 Å². The van der Waals surface area contributed by atoms with Crippen molar-refractivity contribution in [3.8, 4) is 5.75 Å². The Kier molecular flexibility index (Phi) is 4.86. The molecule has 26 heavy (non-hydrogen) atoms. The third-order valence-electron chi connectivity index (χ3n) is 4.67. The van der Waals surface area contributed by atoms with E-state index in [1.807, 2.05) is 32.0 Å². The minimum Gasteiger partial charge on any atom is -0.506 e. The molecular weight excluding hydrogens is 352 g/mol. The summed E-state index contributed by atoms with van der Waals surface area (Å²) < 4.78 is 27.3. The van der Waals surface area contributed by atoms with Gasteiger partial charge in [0.2, 0.25) is 0 Å². The van der Waals surface area contributed by atoms with Crippen LogP contribution in [0.15, 0.2) is 42.7 Å². The summed E-state index contributed by atoms with van der Waals surface area (Å²) in [6.07, 6.45) is 5.44. The van der Waals surface area contributed by atoms with Gasteiger partial charge in [0, 0.05) is 19.0 Å². The molecule has 1 heterocycles. The van der Waals surface area contributed by atoms with E-state index in [9.17, 15) is 18.6 Å². The van der Waals surface area contributed by atoms with E-state index in [1.165, 1.54) is 12.4 Å². The summed E-state index contributed by atoms with van der Waals surface area (Å²) in [5.74, 6) is -0.0909. The quantitative estimate of drug-likeness (QED) is 0.723. The number of rotatable bonds is 6. The molecule has 0 radical (unpaired) electrons. The first-order chi connectivity index (χ1) is 12.2. The maximum Gasteiger partial charge on any atom is 0.327 e. The zero-order valence-electron chi connectivity index (χ0n) is 14.9. The van der Waals surface area contributed by atoms with Gasteiger partial charge in [-0.25, -0.2) is 4.31 Å². The largest absolute Gasteiger partial charge is 0.506 e. The summed E-state index contributed by atoms with van der Waals surface area (Å²) in [5.41, 5.74) is 1.28. The number of aliphatic hydroxyl groups excluding tert-OH is 1. The molecule has 140 valence electrons. The highest BCUT2D eigenvalue weighted by atomic mass is 32.2. The molecule has 0 saturated carbocycles. The van der Waals surface area contributed by atoms with Crippen LogP contribution >= 0.6 is 0 Å². The molecule has 0 fully saturated rings. The highest BCUT2D eigenvalue weighted by Gasteiger charge is 2.26.